The number of anilines is 2. The molecule has 0 fully saturated rings. The zero-order valence-electron chi connectivity index (χ0n) is 14.7. The molecule has 6 nitrogen and oxygen atoms in total. The van der Waals surface area contributed by atoms with Gasteiger partial charge in [-0.25, -0.2) is 9.50 Å². The quantitative estimate of drug-likeness (QED) is 0.553. The number of ketones is 1. The van der Waals surface area contributed by atoms with E-state index in [0.717, 1.165) is 22.3 Å². The summed E-state index contributed by atoms with van der Waals surface area (Å²) in [6.45, 7) is 5.85. The first-order valence-electron chi connectivity index (χ1n) is 8.17. The van der Waals surface area contributed by atoms with Crippen molar-refractivity contribution in [3.63, 3.8) is 0 Å². The molecule has 128 valence electrons. The molecule has 0 saturated carbocycles. The number of aryl methyl sites for hydroxylation is 1. The number of aliphatic hydroxyl groups excluding tert-OH is 1. The highest BCUT2D eigenvalue weighted by molar-refractivity contribution is 6.24. The van der Waals surface area contributed by atoms with Crippen LogP contribution in [0, 0.1) is 6.92 Å². The highest BCUT2D eigenvalue weighted by Gasteiger charge is 2.12. The van der Waals surface area contributed by atoms with Gasteiger partial charge in [0, 0.05) is 23.0 Å². The van der Waals surface area contributed by atoms with E-state index in [1.165, 1.54) is 6.33 Å². The molecular formula is C18H21BN4O2. The van der Waals surface area contributed by atoms with E-state index < -0.39 is 0 Å². The number of hydrogen-bond acceptors (Lipinski definition) is 5. The summed E-state index contributed by atoms with van der Waals surface area (Å²) in [6.07, 6.45) is 3.18. The van der Waals surface area contributed by atoms with Gasteiger partial charge in [-0.1, -0.05) is 26.0 Å². The molecule has 2 radical (unpaired) electrons. The van der Waals surface area contributed by atoms with Crippen LogP contribution in [0.1, 0.15) is 35.3 Å². The van der Waals surface area contributed by atoms with E-state index in [0.29, 0.717) is 11.4 Å². The minimum atomic E-state index is -0.122. The fourth-order valence-corrected chi connectivity index (χ4v) is 2.49. The average Bonchev–Trinajstić information content (AvgIpc) is 3.00. The van der Waals surface area contributed by atoms with Gasteiger partial charge in [0.1, 0.15) is 11.8 Å². The second kappa shape index (κ2) is 8.44. The summed E-state index contributed by atoms with van der Waals surface area (Å²) >= 11 is 0. The van der Waals surface area contributed by atoms with Crippen LogP contribution >= 0.6 is 0 Å². The molecule has 3 aromatic rings. The van der Waals surface area contributed by atoms with Crippen molar-refractivity contribution in [1.29, 1.82) is 0 Å². The lowest BCUT2D eigenvalue weighted by molar-refractivity contribution is 0.101. The molecule has 0 saturated heterocycles. The van der Waals surface area contributed by atoms with Crippen LogP contribution in [0.25, 0.3) is 5.52 Å². The summed E-state index contributed by atoms with van der Waals surface area (Å²) in [5.74, 6) is 0.484. The first kappa shape index (κ1) is 18.7. The lowest BCUT2D eigenvalue weighted by Crippen LogP contribution is -2.02. The standard InChI is InChI=1S/C16H15BN4O2.C2H6/c1-10-12(8-22)7-21-15(10)16(18-9-19-21)20-13-4-2-3-11(5-13)14(23)6-17;1-2/h2-5,7,9,22H,6,8H2,1H3,(H,18,19,20);1-2H3. The molecule has 0 aliphatic heterocycles. The predicted octanol–water partition coefficient (Wildman–Crippen LogP) is 3.07. The zero-order chi connectivity index (χ0) is 18.4. The molecule has 3 rings (SSSR count). The number of aliphatic hydroxyl groups is 1. The van der Waals surface area contributed by atoms with Gasteiger partial charge in [0.2, 0.25) is 0 Å². The van der Waals surface area contributed by atoms with E-state index >= 15 is 0 Å². The lowest BCUT2D eigenvalue weighted by Gasteiger charge is -2.09. The number of Topliss-reactive ketones (excluding diaryl/α,β-unsaturated/α-hetero) is 1. The molecule has 1 aromatic carbocycles. The summed E-state index contributed by atoms with van der Waals surface area (Å²) in [6, 6.07) is 7.09. The van der Waals surface area contributed by atoms with Crippen molar-refractivity contribution in [2.45, 2.75) is 33.7 Å². The summed E-state index contributed by atoms with van der Waals surface area (Å²) in [5, 5.41) is 16.7. The Morgan fingerprint density at radius 1 is 1.36 bits per heavy atom. The number of carbonyl (C=O) groups excluding carboxylic acids is 1. The Labute approximate surface area is 148 Å². The van der Waals surface area contributed by atoms with E-state index in [1.807, 2.05) is 26.8 Å². The van der Waals surface area contributed by atoms with Crippen LogP contribution in [0.2, 0.25) is 6.32 Å². The number of rotatable bonds is 5. The minimum Gasteiger partial charge on any atom is -0.392 e. The van der Waals surface area contributed by atoms with Gasteiger partial charge in [0.15, 0.2) is 11.6 Å². The van der Waals surface area contributed by atoms with Crippen LogP contribution in [0.15, 0.2) is 36.8 Å². The Balaban J connectivity index is 0.00000109. The van der Waals surface area contributed by atoms with Crippen molar-refractivity contribution >= 4 is 30.7 Å². The number of hydrogen-bond donors (Lipinski definition) is 2. The topological polar surface area (TPSA) is 79.5 Å². The van der Waals surface area contributed by atoms with Crippen molar-refractivity contribution in [3.05, 3.63) is 53.5 Å². The molecule has 0 aliphatic carbocycles. The summed E-state index contributed by atoms with van der Waals surface area (Å²) in [4.78, 5) is 16.0. The Morgan fingerprint density at radius 2 is 2.12 bits per heavy atom. The lowest BCUT2D eigenvalue weighted by atomic mass is 9.96. The summed E-state index contributed by atoms with van der Waals surface area (Å²) < 4.78 is 1.67. The molecule has 0 aliphatic rings. The van der Waals surface area contributed by atoms with Crippen molar-refractivity contribution < 1.29 is 9.90 Å². The first-order valence-corrected chi connectivity index (χ1v) is 8.17. The minimum absolute atomic E-state index is 0.0289. The average molecular weight is 336 g/mol. The maximum absolute atomic E-state index is 11.7. The SMILES string of the molecule is CC.[B]CC(=O)c1cccc(Nc2ncnn3cc(CO)c(C)c23)c1. The fraction of sp³-hybridized carbons (Fsp3) is 0.278. The number of aromatic nitrogens is 3. The van der Waals surface area contributed by atoms with Gasteiger partial charge in [-0.3, -0.25) is 4.79 Å². The molecule has 0 amide bonds. The maximum Gasteiger partial charge on any atom is 0.158 e. The largest absolute Gasteiger partial charge is 0.392 e. The molecule has 0 bridgehead atoms. The Kier molecular flexibility index (Phi) is 6.30. The molecule has 0 unspecified atom stereocenters. The molecular weight excluding hydrogens is 315 g/mol. The molecule has 0 atom stereocenters. The van der Waals surface area contributed by atoms with Gasteiger partial charge in [-0.2, -0.15) is 5.10 Å². The fourth-order valence-electron chi connectivity index (χ4n) is 2.49. The van der Waals surface area contributed by atoms with Crippen LogP contribution in [0.3, 0.4) is 0 Å². The third kappa shape index (κ3) is 3.88. The van der Waals surface area contributed by atoms with E-state index in [9.17, 15) is 9.90 Å². The maximum atomic E-state index is 11.7. The smallest absolute Gasteiger partial charge is 0.158 e. The van der Waals surface area contributed by atoms with Crippen LogP contribution in [-0.2, 0) is 6.61 Å². The normalized spacial score (nSPS) is 10.2. The molecule has 7 heteroatoms. The van der Waals surface area contributed by atoms with E-state index in [2.05, 4.69) is 15.4 Å². The molecule has 2 N–H and O–H groups in total. The highest BCUT2D eigenvalue weighted by Crippen LogP contribution is 2.25. The molecule has 2 heterocycles. The van der Waals surface area contributed by atoms with Crippen molar-refractivity contribution in [1.82, 2.24) is 14.6 Å². The highest BCUT2D eigenvalue weighted by atomic mass is 16.3. The van der Waals surface area contributed by atoms with Crippen LogP contribution in [0.5, 0.6) is 0 Å². The Bertz CT molecular complexity index is 877. The Hall–Kier alpha value is -2.67. The number of nitrogens with one attached hydrogen (secondary N) is 1. The van der Waals surface area contributed by atoms with Crippen LogP contribution in [0.4, 0.5) is 11.5 Å². The number of nitrogens with zero attached hydrogens (tertiary/aromatic N) is 3. The molecule has 0 spiro atoms. The third-order valence-electron chi connectivity index (χ3n) is 3.73. The van der Waals surface area contributed by atoms with Gasteiger partial charge < -0.3 is 10.4 Å². The zero-order valence-corrected chi connectivity index (χ0v) is 14.7. The Morgan fingerprint density at radius 3 is 2.80 bits per heavy atom. The second-order valence-electron chi connectivity index (χ2n) is 5.17. The van der Waals surface area contributed by atoms with Gasteiger partial charge in [0.05, 0.1) is 14.5 Å². The monoisotopic (exact) mass is 336 g/mol. The van der Waals surface area contributed by atoms with Gasteiger partial charge >= 0.3 is 0 Å². The van der Waals surface area contributed by atoms with E-state index in [4.69, 9.17) is 7.85 Å². The summed E-state index contributed by atoms with van der Waals surface area (Å²) in [5.41, 5.74) is 3.76. The van der Waals surface area contributed by atoms with Crippen LogP contribution in [-0.4, -0.2) is 33.3 Å². The molecule has 25 heavy (non-hydrogen) atoms. The van der Waals surface area contributed by atoms with Crippen LogP contribution < -0.4 is 5.32 Å². The predicted molar refractivity (Wildman–Crippen MR) is 99.6 cm³/mol. The van der Waals surface area contributed by atoms with Gasteiger partial charge in [-0.15, -0.1) is 0 Å². The third-order valence-corrected chi connectivity index (χ3v) is 3.73. The van der Waals surface area contributed by atoms with E-state index in [1.54, 1.807) is 28.9 Å². The van der Waals surface area contributed by atoms with Gasteiger partial charge in [-0.05, 0) is 30.9 Å². The first-order chi connectivity index (χ1) is 12.1. The molecule has 2 aromatic heterocycles. The number of benzene rings is 1. The second-order valence-corrected chi connectivity index (χ2v) is 5.17. The van der Waals surface area contributed by atoms with E-state index in [-0.39, 0.29) is 18.7 Å². The van der Waals surface area contributed by atoms with Gasteiger partial charge in [0.25, 0.3) is 0 Å². The van der Waals surface area contributed by atoms with Crippen molar-refractivity contribution in [3.8, 4) is 0 Å². The van der Waals surface area contributed by atoms with Crippen molar-refractivity contribution in [2.75, 3.05) is 5.32 Å². The number of fused-ring (bicyclic) bond motifs is 1. The number of carbonyl (C=O) groups is 1. The summed E-state index contributed by atoms with van der Waals surface area (Å²) in [7, 11) is 5.40. The van der Waals surface area contributed by atoms with Crippen molar-refractivity contribution in [2.24, 2.45) is 0 Å².